The molecule has 1 aliphatic heterocycles. The Morgan fingerprint density at radius 3 is 1.85 bits per heavy atom. The molecule has 0 unspecified atom stereocenters. The van der Waals surface area contributed by atoms with E-state index in [-0.39, 0.29) is 23.3 Å². The molecule has 0 spiro atoms. The van der Waals surface area contributed by atoms with E-state index in [0.29, 0.717) is 12.8 Å². The molecule has 2 amide bonds. The fourth-order valence-corrected chi connectivity index (χ4v) is 3.33. The summed E-state index contributed by atoms with van der Waals surface area (Å²) in [7, 11) is 0. The van der Waals surface area contributed by atoms with Gasteiger partial charge in [0, 0.05) is 12.8 Å². The molecular weight excluding hydrogens is 332 g/mol. The normalized spacial score (nSPS) is 19.8. The number of phenols is 2. The van der Waals surface area contributed by atoms with Crippen molar-refractivity contribution < 1.29 is 19.8 Å². The molecule has 6 nitrogen and oxygen atoms in total. The highest BCUT2D eigenvalue weighted by Gasteiger charge is 2.34. The number of rotatable bonds is 4. The van der Waals surface area contributed by atoms with E-state index < -0.39 is 12.1 Å². The van der Waals surface area contributed by atoms with Crippen molar-refractivity contribution in [2.24, 2.45) is 0 Å². The van der Waals surface area contributed by atoms with Crippen LogP contribution in [0, 0.1) is 13.8 Å². The van der Waals surface area contributed by atoms with Crippen LogP contribution in [0.4, 0.5) is 0 Å². The molecule has 0 aromatic heterocycles. The topological polar surface area (TPSA) is 98.7 Å². The van der Waals surface area contributed by atoms with Crippen molar-refractivity contribution in [3.8, 4) is 11.5 Å². The summed E-state index contributed by atoms with van der Waals surface area (Å²) in [6, 6.07) is 8.59. The van der Waals surface area contributed by atoms with Crippen LogP contribution in [0.5, 0.6) is 11.5 Å². The van der Waals surface area contributed by atoms with E-state index in [1.807, 2.05) is 13.8 Å². The lowest BCUT2D eigenvalue weighted by Gasteiger charge is -2.30. The van der Waals surface area contributed by atoms with Gasteiger partial charge >= 0.3 is 0 Å². The van der Waals surface area contributed by atoms with Crippen molar-refractivity contribution in [2.75, 3.05) is 0 Å². The Morgan fingerprint density at radius 1 is 0.808 bits per heavy atom. The minimum atomic E-state index is -0.638. The van der Waals surface area contributed by atoms with Gasteiger partial charge in [0.05, 0.1) is 0 Å². The Hall–Kier alpha value is -3.02. The smallest absolute Gasteiger partial charge is 0.243 e. The third-order valence-electron chi connectivity index (χ3n) is 4.73. The summed E-state index contributed by atoms with van der Waals surface area (Å²) in [4.78, 5) is 24.9. The predicted octanol–water partition coefficient (Wildman–Crippen LogP) is 1.48. The zero-order chi connectivity index (χ0) is 18.8. The highest BCUT2D eigenvalue weighted by Crippen LogP contribution is 2.23. The monoisotopic (exact) mass is 354 g/mol. The summed E-state index contributed by atoms with van der Waals surface area (Å²) in [6.45, 7) is 3.75. The molecule has 1 aliphatic rings. The van der Waals surface area contributed by atoms with Crippen LogP contribution in [0.2, 0.25) is 0 Å². The Morgan fingerprint density at radius 2 is 1.31 bits per heavy atom. The van der Waals surface area contributed by atoms with Crippen LogP contribution in [-0.2, 0) is 22.4 Å². The van der Waals surface area contributed by atoms with Gasteiger partial charge in [-0.1, -0.05) is 12.1 Å². The SMILES string of the molecule is Cc1cc(O)cc(C)c1C[C@@H]1NC(=O)[C@H](Cc2ccc(O)cc2)NC1=O. The van der Waals surface area contributed by atoms with Crippen molar-refractivity contribution in [3.63, 3.8) is 0 Å². The van der Waals surface area contributed by atoms with Gasteiger partial charge in [-0.05, 0) is 60.4 Å². The number of phenolic OH excluding ortho intramolecular Hbond substituents is 2. The number of piperazine rings is 1. The standard InChI is InChI=1S/C20H22N2O4/c1-11-7-15(24)8-12(2)16(11)10-18-20(26)21-17(19(25)22-18)9-13-3-5-14(23)6-4-13/h3-8,17-18,23-24H,9-10H2,1-2H3,(H,21,26)(H,22,25)/t17-,18-/m0/s1. The van der Waals surface area contributed by atoms with Gasteiger partial charge in [-0.15, -0.1) is 0 Å². The Kier molecular flexibility index (Phi) is 4.84. The quantitative estimate of drug-likeness (QED) is 0.668. The minimum absolute atomic E-state index is 0.158. The van der Waals surface area contributed by atoms with Gasteiger partial charge in [-0.2, -0.15) is 0 Å². The first kappa shape index (κ1) is 17.8. The van der Waals surface area contributed by atoms with Crippen LogP contribution in [0.1, 0.15) is 22.3 Å². The molecule has 6 heteroatoms. The second-order valence-corrected chi connectivity index (χ2v) is 6.76. The molecular formula is C20H22N2O4. The molecule has 0 aliphatic carbocycles. The first-order valence-corrected chi connectivity index (χ1v) is 8.51. The summed E-state index contributed by atoms with van der Waals surface area (Å²) in [5, 5.41) is 24.6. The van der Waals surface area contributed by atoms with Gasteiger partial charge < -0.3 is 20.8 Å². The Labute approximate surface area is 151 Å². The average Bonchev–Trinajstić information content (AvgIpc) is 2.57. The first-order chi connectivity index (χ1) is 12.3. The van der Waals surface area contributed by atoms with Crippen LogP contribution >= 0.6 is 0 Å². The number of nitrogens with one attached hydrogen (secondary N) is 2. The predicted molar refractivity (Wildman–Crippen MR) is 97.0 cm³/mol. The number of carbonyl (C=O) groups excluding carboxylic acids is 2. The number of hydrogen-bond acceptors (Lipinski definition) is 4. The van der Waals surface area contributed by atoms with Crippen LogP contribution in [-0.4, -0.2) is 34.1 Å². The lowest BCUT2D eigenvalue weighted by molar-refractivity contribution is -0.136. The third-order valence-corrected chi connectivity index (χ3v) is 4.73. The molecule has 3 rings (SSSR count). The molecule has 0 bridgehead atoms. The molecule has 0 saturated carbocycles. The first-order valence-electron chi connectivity index (χ1n) is 8.51. The summed E-state index contributed by atoms with van der Waals surface area (Å²) in [5.74, 6) is -0.0996. The maximum Gasteiger partial charge on any atom is 0.243 e. The number of aromatic hydroxyl groups is 2. The van der Waals surface area contributed by atoms with Crippen molar-refractivity contribution in [3.05, 3.63) is 58.7 Å². The highest BCUT2D eigenvalue weighted by atomic mass is 16.3. The molecule has 0 radical (unpaired) electrons. The average molecular weight is 354 g/mol. The second-order valence-electron chi connectivity index (χ2n) is 6.76. The number of aryl methyl sites for hydroxylation is 2. The van der Waals surface area contributed by atoms with Gasteiger partial charge in [0.15, 0.2) is 0 Å². The van der Waals surface area contributed by atoms with Gasteiger partial charge in [0.25, 0.3) is 0 Å². The van der Waals surface area contributed by atoms with E-state index in [2.05, 4.69) is 10.6 Å². The number of carbonyl (C=O) groups is 2. The van der Waals surface area contributed by atoms with E-state index in [9.17, 15) is 19.8 Å². The molecule has 1 saturated heterocycles. The number of hydrogen-bond donors (Lipinski definition) is 4. The lowest BCUT2D eigenvalue weighted by Crippen LogP contribution is -2.62. The maximum absolute atomic E-state index is 12.5. The van der Waals surface area contributed by atoms with Gasteiger partial charge in [0.2, 0.25) is 11.8 Å². The molecule has 2 atom stereocenters. The Bertz CT molecular complexity index is 822. The van der Waals surface area contributed by atoms with Crippen molar-refractivity contribution in [2.45, 2.75) is 38.8 Å². The lowest BCUT2D eigenvalue weighted by atomic mass is 9.93. The second kappa shape index (κ2) is 7.07. The minimum Gasteiger partial charge on any atom is -0.508 e. The van der Waals surface area contributed by atoms with E-state index in [1.54, 1.807) is 36.4 Å². The molecule has 1 fully saturated rings. The zero-order valence-corrected chi connectivity index (χ0v) is 14.7. The van der Waals surface area contributed by atoms with Gasteiger partial charge in [-0.3, -0.25) is 9.59 Å². The number of amides is 2. The molecule has 1 heterocycles. The maximum atomic E-state index is 12.5. The molecule has 2 aromatic carbocycles. The summed E-state index contributed by atoms with van der Waals surface area (Å²) in [5.41, 5.74) is 3.57. The molecule has 2 aromatic rings. The zero-order valence-electron chi connectivity index (χ0n) is 14.7. The van der Waals surface area contributed by atoms with E-state index in [1.165, 1.54) is 0 Å². The molecule has 4 N–H and O–H groups in total. The molecule has 136 valence electrons. The number of benzene rings is 2. The van der Waals surface area contributed by atoms with Crippen LogP contribution in [0.15, 0.2) is 36.4 Å². The van der Waals surface area contributed by atoms with Crippen molar-refractivity contribution in [1.82, 2.24) is 10.6 Å². The third kappa shape index (κ3) is 3.79. The Balaban J connectivity index is 1.70. The van der Waals surface area contributed by atoms with E-state index >= 15 is 0 Å². The fraction of sp³-hybridized carbons (Fsp3) is 0.300. The summed E-state index contributed by atoms with van der Waals surface area (Å²) in [6.07, 6.45) is 0.739. The highest BCUT2D eigenvalue weighted by molar-refractivity contribution is 5.97. The summed E-state index contributed by atoms with van der Waals surface area (Å²) >= 11 is 0. The van der Waals surface area contributed by atoms with E-state index in [0.717, 1.165) is 22.3 Å². The van der Waals surface area contributed by atoms with Gasteiger partial charge in [-0.25, -0.2) is 0 Å². The fourth-order valence-electron chi connectivity index (χ4n) is 3.33. The van der Waals surface area contributed by atoms with Crippen LogP contribution in [0.3, 0.4) is 0 Å². The van der Waals surface area contributed by atoms with Crippen molar-refractivity contribution >= 4 is 11.8 Å². The van der Waals surface area contributed by atoms with Gasteiger partial charge in [0.1, 0.15) is 23.6 Å². The van der Waals surface area contributed by atoms with E-state index in [4.69, 9.17) is 0 Å². The molecule has 26 heavy (non-hydrogen) atoms. The summed E-state index contributed by atoms with van der Waals surface area (Å²) < 4.78 is 0. The van der Waals surface area contributed by atoms with Crippen LogP contribution in [0.25, 0.3) is 0 Å². The van der Waals surface area contributed by atoms with Crippen LogP contribution < -0.4 is 10.6 Å². The van der Waals surface area contributed by atoms with Crippen molar-refractivity contribution in [1.29, 1.82) is 0 Å². The largest absolute Gasteiger partial charge is 0.508 e.